The summed E-state index contributed by atoms with van der Waals surface area (Å²) in [6, 6.07) is 7.92. The number of halogens is 1. The summed E-state index contributed by atoms with van der Waals surface area (Å²) in [6.07, 6.45) is 1.85. The number of carbonyl (C=O) groups excluding carboxylic acids is 2. The topological polar surface area (TPSA) is 83.0 Å². The molecule has 0 atom stereocenters. The fourth-order valence-electron chi connectivity index (χ4n) is 2.51. The molecule has 1 fully saturated rings. The van der Waals surface area contributed by atoms with Crippen molar-refractivity contribution in [1.29, 1.82) is 0 Å². The third-order valence-electron chi connectivity index (χ3n) is 3.85. The van der Waals surface area contributed by atoms with Gasteiger partial charge in [0.1, 0.15) is 0 Å². The van der Waals surface area contributed by atoms with Crippen molar-refractivity contribution in [1.82, 2.24) is 10.6 Å². The van der Waals surface area contributed by atoms with E-state index in [2.05, 4.69) is 20.4 Å². The van der Waals surface area contributed by atoms with Gasteiger partial charge in [-0.25, -0.2) is 0 Å². The van der Waals surface area contributed by atoms with E-state index in [1.807, 2.05) is 29.2 Å². The van der Waals surface area contributed by atoms with Crippen LogP contribution in [0.15, 0.2) is 29.3 Å². The SMILES string of the molecule is CN=C(NCCC(=O)OC)NCc1ccc(N2CCCC2=O)cc1.I. The highest BCUT2D eigenvalue weighted by Crippen LogP contribution is 2.21. The van der Waals surface area contributed by atoms with Gasteiger partial charge in [-0.1, -0.05) is 12.1 Å². The summed E-state index contributed by atoms with van der Waals surface area (Å²) in [5, 5.41) is 6.23. The maximum Gasteiger partial charge on any atom is 0.307 e. The third-order valence-corrected chi connectivity index (χ3v) is 3.85. The van der Waals surface area contributed by atoms with Crippen molar-refractivity contribution in [3.05, 3.63) is 29.8 Å². The minimum Gasteiger partial charge on any atom is -0.469 e. The van der Waals surface area contributed by atoms with E-state index in [1.54, 1.807) is 7.05 Å². The molecule has 2 N–H and O–H groups in total. The number of carbonyl (C=O) groups is 2. The van der Waals surface area contributed by atoms with Crippen molar-refractivity contribution in [3.63, 3.8) is 0 Å². The van der Waals surface area contributed by atoms with Gasteiger partial charge >= 0.3 is 5.97 Å². The molecule has 2 rings (SSSR count). The van der Waals surface area contributed by atoms with Crippen molar-refractivity contribution in [2.24, 2.45) is 4.99 Å². The fourth-order valence-corrected chi connectivity index (χ4v) is 2.51. The zero-order valence-corrected chi connectivity index (χ0v) is 16.9. The van der Waals surface area contributed by atoms with Gasteiger partial charge in [-0.15, -0.1) is 24.0 Å². The Morgan fingerprint density at radius 2 is 2.00 bits per heavy atom. The van der Waals surface area contributed by atoms with Crippen molar-refractivity contribution in [2.45, 2.75) is 25.8 Å². The Kier molecular flexibility index (Phi) is 9.25. The molecular weight excluding hydrogens is 435 g/mol. The number of nitrogens with zero attached hydrogens (tertiary/aromatic N) is 2. The summed E-state index contributed by atoms with van der Waals surface area (Å²) in [7, 11) is 3.05. The molecule has 1 aliphatic rings. The molecule has 1 heterocycles. The van der Waals surface area contributed by atoms with Crippen LogP contribution in [0.1, 0.15) is 24.8 Å². The summed E-state index contributed by atoms with van der Waals surface area (Å²) < 4.78 is 4.59. The van der Waals surface area contributed by atoms with Crippen LogP contribution in [0, 0.1) is 0 Å². The van der Waals surface area contributed by atoms with Crippen molar-refractivity contribution in [2.75, 3.05) is 32.1 Å². The highest BCUT2D eigenvalue weighted by Gasteiger charge is 2.21. The Hall–Kier alpha value is -1.84. The van der Waals surface area contributed by atoms with Crippen LogP contribution < -0.4 is 15.5 Å². The van der Waals surface area contributed by atoms with Gasteiger partial charge in [0.25, 0.3) is 0 Å². The lowest BCUT2D eigenvalue weighted by molar-refractivity contribution is -0.140. The van der Waals surface area contributed by atoms with Crippen LogP contribution in [0.3, 0.4) is 0 Å². The van der Waals surface area contributed by atoms with E-state index in [1.165, 1.54) is 7.11 Å². The van der Waals surface area contributed by atoms with Crippen LogP contribution in [0.4, 0.5) is 5.69 Å². The third kappa shape index (κ3) is 6.52. The number of methoxy groups -OCH3 is 1. The smallest absolute Gasteiger partial charge is 0.307 e. The first kappa shape index (κ1) is 21.2. The minimum absolute atomic E-state index is 0. The zero-order chi connectivity index (χ0) is 17.4. The Balaban J connectivity index is 0.00000312. The molecule has 1 aromatic carbocycles. The summed E-state index contributed by atoms with van der Waals surface area (Å²) in [5.74, 6) is 0.554. The van der Waals surface area contributed by atoms with E-state index in [9.17, 15) is 9.59 Å². The van der Waals surface area contributed by atoms with Gasteiger partial charge in [-0.3, -0.25) is 14.6 Å². The standard InChI is InChI=1S/C17H24N4O3.HI/c1-18-17(19-10-9-16(23)24-2)20-12-13-5-7-14(8-6-13)21-11-3-4-15(21)22;/h5-8H,3-4,9-12H2,1-2H3,(H2,18,19,20);1H. The Bertz CT molecular complexity index is 604. The van der Waals surface area contributed by atoms with Gasteiger partial charge in [0.15, 0.2) is 5.96 Å². The maximum atomic E-state index is 11.7. The van der Waals surface area contributed by atoms with Crippen LogP contribution in [-0.2, 0) is 20.9 Å². The molecule has 0 bridgehead atoms. The summed E-state index contributed by atoms with van der Waals surface area (Å²) in [6.45, 7) is 1.86. The monoisotopic (exact) mass is 460 g/mol. The molecule has 8 heteroatoms. The lowest BCUT2D eigenvalue weighted by Gasteiger charge is -2.16. The molecule has 0 spiro atoms. The van der Waals surface area contributed by atoms with Crippen LogP contribution in [0.5, 0.6) is 0 Å². The number of hydrogen-bond donors (Lipinski definition) is 2. The Labute approximate surface area is 165 Å². The highest BCUT2D eigenvalue weighted by molar-refractivity contribution is 14.0. The molecule has 138 valence electrons. The van der Waals surface area contributed by atoms with Gasteiger partial charge in [0.05, 0.1) is 13.5 Å². The second kappa shape index (κ2) is 10.9. The van der Waals surface area contributed by atoms with E-state index in [0.29, 0.717) is 25.5 Å². The quantitative estimate of drug-likeness (QED) is 0.292. The second-order valence-corrected chi connectivity index (χ2v) is 5.49. The summed E-state index contributed by atoms with van der Waals surface area (Å²) in [5.41, 5.74) is 2.03. The van der Waals surface area contributed by atoms with Crippen molar-refractivity contribution in [3.8, 4) is 0 Å². The number of anilines is 1. The lowest BCUT2D eigenvalue weighted by Crippen LogP contribution is -2.37. The van der Waals surface area contributed by atoms with E-state index in [4.69, 9.17) is 0 Å². The van der Waals surface area contributed by atoms with E-state index < -0.39 is 0 Å². The fraction of sp³-hybridized carbons (Fsp3) is 0.471. The molecule has 25 heavy (non-hydrogen) atoms. The van der Waals surface area contributed by atoms with Gasteiger partial charge in [-0.2, -0.15) is 0 Å². The van der Waals surface area contributed by atoms with Gasteiger partial charge in [-0.05, 0) is 24.1 Å². The van der Waals surface area contributed by atoms with Crippen molar-refractivity contribution < 1.29 is 14.3 Å². The molecule has 0 saturated carbocycles. The first-order valence-electron chi connectivity index (χ1n) is 8.04. The minimum atomic E-state index is -0.259. The second-order valence-electron chi connectivity index (χ2n) is 5.49. The predicted octanol–water partition coefficient (Wildman–Crippen LogP) is 1.66. The normalized spacial score (nSPS) is 14.1. The number of aliphatic imine (C=N–C) groups is 1. The molecular formula is C17H25IN4O3. The van der Waals surface area contributed by atoms with Gasteiger partial charge < -0.3 is 20.3 Å². The molecule has 1 aliphatic heterocycles. The zero-order valence-electron chi connectivity index (χ0n) is 14.6. The first-order chi connectivity index (χ1) is 11.6. The number of guanidine groups is 1. The van der Waals surface area contributed by atoms with Crippen molar-refractivity contribution >= 4 is 47.5 Å². The molecule has 0 aliphatic carbocycles. The maximum absolute atomic E-state index is 11.7. The number of hydrogen-bond acceptors (Lipinski definition) is 4. The molecule has 0 radical (unpaired) electrons. The van der Waals surface area contributed by atoms with Crippen LogP contribution in [0.25, 0.3) is 0 Å². The average molecular weight is 460 g/mol. The van der Waals surface area contributed by atoms with Gasteiger partial charge in [0, 0.05) is 38.8 Å². The van der Waals surface area contributed by atoms with E-state index in [-0.39, 0.29) is 42.3 Å². The number of nitrogens with one attached hydrogen (secondary N) is 2. The number of ether oxygens (including phenoxy) is 1. The molecule has 1 aromatic rings. The first-order valence-corrected chi connectivity index (χ1v) is 8.04. The largest absolute Gasteiger partial charge is 0.469 e. The average Bonchev–Trinajstić information content (AvgIpc) is 3.04. The van der Waals surface area contributed by atoms with E-state index >= 15 is 0 Å². The summed E-state index contributed by atoms with van der Waals surface area (Å²) >= 11 is 0. The number of amides is 1. The predicted molar refractivity (Wildman–Crippen MR) is 108 cm³/mol. The number of rotatable bonds is 6. The lowest BCUT2D eigenvalue weighted by atomic mass is 10.2. The van der Waals surface area contributed by atoms with Crippen LogP contribution in [0.2, 0.25) is 0 Å². The molecule has 0 unspecified atom stereocenters. The molecule has 1 saturated heterocycles. The Morgan fingerprint density at radius 3 is 2.56 bits per heavy atom. The van der Waals surface area contributed by atoms with Crippen LogP contribution >= 0.6 is 24.0 Å². The van der Waals surface area contributed by atoms with Gasteiger partial charge in [0.2, 0.25) is 5.91 Å². The molecule has 0 aromatic heterocycles. The van der Waals surface area contributed by atoms with E-state index in [0.717, 1.165) is 24.2 Å². The molecule has 1 amide bonds. The Morgan fingerprint density at radius 1 is 1.28 bits per heavy atom. The highest BCUT2D eigenvalue weighted by atomic mass is 127. The molecule has 7 nitrogen and oxygen atoms in total. The van der Waals surface area contributed by atoms with Crippen LogP contribution in [-0.4, -0.2) is 45.1 Å². The number of benzene rings is 1. The number of esters is 1. The summed E-state index contributed by atoms with van der Waals surface area (Å²) in [4.78, 5) is 28.7.